The summed E-state index contributed by atoms with van der Waals surface area (Å²) in [5, 5.41) is 0. The molecule has 0 radical (unpaired) electrons. The largest absolute Gasteiger partial charge is 0.490 e. The maximum absolute atomic E-state index is 14.6. The van der Waals surface area contributed by atoms with Crippen LogP contribution in [-0.4, -0.2) is 6.61 Å². The van der Waals surface area contributed by atoms with Crippen molar-refractivity contribution in [3.05, 3.63) is 75.2 Å². The van der Waals surface area contributed by atoms with Gasteiger partial charge in [-0.05, 0) is 70.8 Å². The molecular formula is C22H17F2IOS. The Morgan fingerprint density at radius 1 is 0.963 bits per heavy atom. The molecule has 0 fully saturated rings. The average Bonchev–Trinajstić information content (AvgIpc) is 3.35. The van der Waals surface area contributed by atoms with Crippen LogP contribution in [0.15, 0.2) is 60.7 Å². The lowest BCUT2D eigenvalue weighted by molar-refractivity contribution is 0.258. The molecule has 1 heterocycles. The summed E-state index contributed by atoms with van der Waals surface area (Å²) in [4.78, 5) is 1.15. The molecule has 1 unspecified atom stereocenters. The Morgan fingerprint density at radius 2 is 1.74 bits per heavy atom. The van der Waals surface area contributed by atoms with E-state index in [1.54, 1.807) is 17.4 Å². The van der Waals surface area contributed by atoms with Crippen molar-refractivity contribution >= 4 is 33.9 Å². The molecule has 4 rings (SSSR count). The second kappa shape index (κ2) is 8.10. The van der Waals surface area contributed by atoms with E-state index in [0.717, 1.165) is 23.3 Å². The fourth-order valence-corrected chi connectivity index (χ4v) is 4.81. The third-order valence-corrected chi connectivity index (χ3v) is 6.61. The zero-order valence-corrected chi connectivity index (χ0v) is 17.4. The van der Waals surface area contributed by atoms with Crippen molar-refractivity contribution in [3.63, 3.8) is 0 Å². The molecule has 0 saturated carbocycles. The molecule has 0 bridgehead atoms. The van der Waals surface area contributed by atoms with Crippen molar-refractivity contribution in [3.8, 4) is 27.3 Å². The van der Waals surface area contributed by atoms with Crippen LogP contribution >= 0.6 is 33.9 Å². The number of hydrogen-bond acceptors (Lipinski definition) is 2. The van der Waals surface area contributed by atoms with Crippen molar-refractivity contribution < 1.29 is 13.5 Å². The monoisotopic (exact) mass is 494 g/mol. The SMILES string of the molecule is Fc1c(OCC2C=CCC2)ccc(-c2ccc(-c3ccc(I)s3)cc2)c1F. The quantitative estimate of drug-likeness (QED) is 0.267. The molecule has 3 aromatic rings. The highest BCUT2D eigenvalue weighted by Gasteiger charge is 2.17. The molecule has 0 saturated heterocycles. The minimum Gasteiger partial charge on any atom is -0.490 e. The topological polar surface area (TPSA) is 9.23 Å². The van der Waals surface area contributed by atoms with E-state index in [9.17, 15) is 8.78 Å². The minimum atomic E-state index is -0.925. The predicted molar refractivity (Wildman–Crippen MR) is 115 cm³/mol. The van der Waals surface area contributed by atoms with Crippen LogP contribution < -0.4 is 4.74 Å². The molecule has 1 aromatic heterocycles. The van der Waals surface area contributed by atoms with Crippen LogP contribution in [0.3, 0.4) is 0 Å². The van der Waals surface area contributed by atoms with Crippen molar-refractivity contribution in [2.75, 3.05) is 6.61 Å². The number of ether oxygens (including phenoxy) is 1. The first-order valence-corrected chi connectivity index (χ1v) is 10.6. The van der Waals surface area contributed by atoms with Gasteiger partial charge in [-0.15, -0.1) is 11.3 Å². The van der Waals surface area contributed by atoms with Gasteiger partial charge in [0.2, 0.25) is 5.82 Å². The fourth-order valence-electron chi connectivity index (χ4n) is 3.18. The van der Waals surface area contributed by atoms with Gasteiger partial charge in [-0.25, -0.2) is 4.39 Å². The Balaban J connectivity index is 1.54. The van der Waals surface area contributed by atoms with E-state index in [-0.39, 0.29) is 17.2 Å². The van der Waals surface area contributed by atoms with Crippen LogP contribution in [0.2, 0.25) is 0 Å². The second-order valence-corrected chi connectivity index (χ2v) is 9.47. The summed E-state index contributed by atoms with van der Waals surface area (Å²) in [6, 6.07) is 14.7. The van der Waals surface area contributed by atoms with E-state index in [1.165, 1.54) is 8.95 Å². The van der Waals surface area contributed by atoms with Crippen molar-refractivity contribution in [2.45, 2.75) is 12.8 Å². The first-order valence-electron chi connectivity index (χ1n) is 8.75. The van der Waals surface area contributed by atoms with E-state index in [0.29, 0.717) is 12.2 Å². The molecule has 1 aliphatic carbocycles. The van der Waals surface area contributed by atoms with Crippen LogP contribution in [0.25, 0.3) is 21.6 Å². The normalized spacial score (nSPS) is 16.0. The van der Waals surface area contributed by atoms with Gasteiger partial charge in [-0.1, -0.05) is 36.4 Å². The smallest absolute Gasteiger partial charge is 0.201 e. The van der Waals surface area contributed by atoms with E-state index < -0.39 is 11.6 Å². The van der Waals surface area contributed by atoms with Gasteiger partial charge in [0.25, 0.3) is 0 Å². The highest BCUT2D eigenvalue weighted by molar-refractivity contribution is 14.1. The number of benzene rings is 2. The van der Waals surface area contributed by atoms with E-state index in [2.05, 4.69) is 46.9 Å². The zero-order valence-electron chi connectivity index (χ0n) is 14.4. The second-order valence-electron chi connectivity index (χ2n) is 6.50. The third kappa shape index (κ3) is 4.09. The molecule has 0 spiro atoms. The maximum atomic E-state index is 14.6. The summed E-state index contributed by atoms with van der Waals surface area (Å²) in [6.07, 6.45) is 6.18. The van der Waals surface area contributed by atoms with Crippen LogP contribution in [0.5, 0.6) is 5.75 Å². The zero-order chi connectivity index (χ0) is 18.8. The van der Waals surface area contributed by atoms with E-state index in [4.69, 9.17) is 4.74 Å². The summed E-state index contributed by atoms with van der Waals surface area (Å²) in [5.74, 6) is -1.54. The van der Waals surface area contributed by atoms with Crippen molar-refractivity contribution in [1.82, 2.24) is 0 Å². The van der Waals surface area contributed by atoms with Crippen LogP contribution in [0.1, 0.15) is 12.8 Å². The van der Waals surface area contributed by atoms with Gasteiger partial charge < -0.3 is 4.74 Å². The summed E-state index contributed by atoms with van der Waals surface area (Å²) in [5.41, 5.74) is 1.96. The molecule has 1 nitrogen and oxygen atoms in total. The summed E-state index contributed by atoms with van der Waals surface area (Å²) < 4.78 is 35.8. The van der Waals surface area contributed by atoms with E-state index >= 15 is 0 Å². The number of hydrogen-bond donors (Lipinski definition) is 0. The molecule has 0 aliphatic heterocycles. The number of allylic oxidation sites excluding steroid dienone is 1. The Morgan fingerprint density at radius 3 is 2.41 bits per heavy atom. The number of thiophene rings is 1. The number of halogens is 3. The molecule has 5 heteroatoms. The van der Waals surface area contributed by atoms with Gasteiger partial charge in [-0.3, -0.25) is 0 Å². The van der Waals surface area contributed by atoms with Gasteiger partial charge in [-0.2, -0.15) is 4.39 Å². The third-order valence-electron chi connectivity index (χ3n) is 4.67. The van der Waals surface area contributed by atoms with Crippen LogP contribution in [0, 0.1) is 20.4 Å². The van der Waals surface area contributed by atoms with Crippen LogP contribution in [0.4, 0.5) is 8.78 Å². The summed E-state index contributed by atoms with van der Waals surface area (Å²) in [6.45, 7) is 0.376. The molecule has 1 aliphatic rings. The Kier molecular flexibility index (Phi) is 5.59. The van der Waals surface area contributed by atoms with Gasteiger partial charge >= 0.3 is 0 Å². The highest BCUT2D eigenvalue weighted by Crippen LogP contribution is 2.33. The first-order chi connectivity index (χ1) is 13.1. The molecular weight excluding hydrogens is 477 g/mol. The summed E-state index contributed by atoms with van der Waals surface area (Å²) in [7, 11) is 0. The van der Waals surface area contributed by atoms with Gasteiger partial charge in [0.1, 0.15) is 0 Å². The molecule has 1 atom stereocenters. The highest BCUT2D eigenvalue weighted by atomic mass is 127. The summed E-state index contributed by atoms with van der Waals surface area (Å²) >= 11 is 3.98. The molecule has 2 aromatic carbocycles. The minimum absolute atomic E-state index is 0.0265. The Hall–Kier alpha value is -1.73. The van der Waals surface area contributed by atoms with E-state index in [1.807, 2.05) is 24.3 Å². The lowest BCUT2D eigenvalue weighted by Gasteiger charge is -2.13. The standard InChI is InChI=1S/C22H17F2IOS/c23-21-17(9-10-18(22(21)24)26-13-14-3-1-2-4-14)15-5-7-16(8-6-15)19-11-12-20(25)27-19/h1,3,5-12,14H,2,4,13H2. The van der Waals surface area contributed by atoms with Gasteiger partial charge in [0.05, 0.1) is 9.49 Å². The maximum Gasteiger partial charge on any atom is 0.201 e. The average molecular weight is 494 g/mol. The van der Waals surface area contributed by atoms with Crippen molar-refractivity contribution in [1.29, 1.82) is 0 Å². The fraction of sp³-hybridized carbons (Fsp3) is 0.182. The molecule has 0 amide bonds. The van der Waals surface area contributed by atoms with Gasteiger partial charge in [0, 0.05) is 16.4 Å². The number of rotatable bonds is 5. The van der Waals surface area contributed by atoms with Gasteiger partial charge in [0.15, 0.2) is 11.6 Å². The molecule has 27 heavy (non-hydrogen) atoms. The van der Waals surface area contributed by atoms with Crippen LogP contribution in [-0.2, 0) is 0 Å². The first kappa shape index (κ1) is 18.6. The lowest BCUT2D eigenvalue weighted by atomic mass is 10.0. The molecule has 0 N–H and O–H groups in total. The molecule has 138 valence electrons. The Bertz CT molecular complexity index is 978. The predicted octanol–water partition coefficient (Wildman–Crippen LogP) is 7.31. The lowest BCUT2D eigenvalue weighted by Crippen LogP contribution is -2.09. The Labute approximate surface area is 174 Å². The van der Waals surface area contributed by atoms with Crippen molar-refractivity contribution in [2.24, 2.45) is 5.92 Å².